The van der Waals surface area contributed by atoms with Crippen LogP contribution >= 0.6 is 0 Å². The Morgan fingerprint density at radius 3 is 2.22 bits per heavy atom. The minimum atomic E-state index is -0.119. The Morgan fingerprint density at radius 2 is 1.50 bits per heavy atom. The van der Waals surface area contributed by atoms with Crippen LogP contribution in [-0.2, 0) is 11.3 Å². The van der Waals surface area contributed by atoms with Crippen LogP contribution in [-0.4, -0.2) is 20.7 Å². The van der Waals surface area contributed by atoms with E-state index < -0.39 is 0 Å². The highest BCUT2D eigenvalue weighted by atomic mass is 16.2. The van der Waals surface area contributed by atoms with E-state index in [4.69, 9.17) is 5.10 Å². The normalized spacial score (nSPS) is 11.2. The van der Waals surface area contributed by atoms with E-state index in [1.54, 1.807) is 4.68 Å². The quantitative estimate of drug-likeness (QED) is 0.399. The molecule has 0 saturated carbocycles. The number of amides is 1. The lowest BCUT2D eigenvalue weighted by Crippen LogP contribution is -2.19. The Labute approximate surface area is 186 Å². The van der Waals surface area contributed by atoms with Gasteiger partial charge in [0, 0.05) is 28.2 Å². The molecule has 158 valence electrons. The number of aryl methyl sites for hydroxylation is 3. The van der Waals surface area contributed by atoms with Gasteiger partial charge >= 0.3 is 0 Å². The number of aromatic nitrogens is 3. The molecule has 0 unspecified atom stereocenters. The summed E-state index contributed by atoms with van der Waals surface area (Å²) >= 11 is 0. The predicted octanol–water partition coefficient (Wildman–Crippen LogP) is 5.82. The van der Waals surface area contributed by atoms with Gasteiger partial charge in [-0.1, -0.05) is 59.2 Å². The smallest absolute Gasteiger partial charge is 0.246 e. The second-order valence-corrected chi connectivity index (χ2v) is 8.33. The number of rotatable bonds is 4. The minimum Gasteiger partial charge on any atom is -0.324 e. The summed E-state index contributed by atoms with van der Waals surface area (Å²) in [4.78, 5) is 17.6. The van der Waals surface area contributed by atoms with E-state index >= 15 is 0 Å². The Bertz CT molecular complexity index is 1450. The molecule has 0 radical (unpaired) electrons. The number of hydrogen-bond acceptors (Lipinski definition) is 3. The van der Waals surface area contributed by atoms with Crippen molar-refractivity contribution in [1.82, 2.24) is 14.8 Å². The zero-order valence-electron chi connectivity index (χ0n) is 18.4. The van der Waals surface area contributed by atoms with Crippen molar-refractivity contribution in [3.63, 3.8) is 0 Å². The van der Waals surface area contributed by atoms with Crippen molar-refractivity contribution in [2.24, 2.45) is 0 Å². The Morgan fingerprint density at radius 1 is 0.844 bits per heavy atom. The second-order valence-electron chi connectivity index (χ2n) is 8.33. The summed E-state index contributed by atoms with van der Waals surface area (Å²) < 4.78 is 1.80. The van der Waals surface area contributed by atoms with Crippen LogP contribution in [0.1, 0.15) is 16.7 Å². The molecule has 0 aliphatic heterocycles. The fourth-order valence-corrected chi connectivity index (χ4v) is 3.98. The van der Waals surface area contributed by atoms with Crippen LogP contribution in [0.4, 0.5) is 5.69 Å². The number of hydrogen-bond donors (Lipinski definition) is 1. The molecule has 0 aliphatic carbocycles. The molecule has 0 saturated heterocycles. The van der Waals surface area contributed by atoms with E-state index in [2.05, 4.69) is 54.5 Å². The summed E-state index contributed by atoms with van der Waals surface area (Å²) in [6.45, 7) is 6.26. The third-order valence-electron chi connectivity index (χ3n) is 5.68. The molecule has 5 aromatic rings. The van der Waals surface area contributed by atoms with Crippen LogP contribution in [0.3, 0.4) is 0 Å². The van der Waals surface area contributed by atoms with Gasteiger partial charge in [0.15, 0.2) is 0 Å². The van der Waals surface area contributed by atoms with Gasteiger partial charge in [-0.2, -0.15) is 5.10 Å². The number of nitrogens with one attached hydrogen (secondary N) is 1. The van der Waals surface area contributed by atoms with Crippen LogP contribution in [0.25, 0.3) is 33.1 Å². The fraction of sp³-hybridized carbons (Fsp3) is 0.148. The SMILES string of the molecule is Cc1ccc(NC(=O)Cn2nc(-c3ccc(C)cc3)c3cnc4ccc(C)cc4c32)cc1. The van der Waals surface area contributed by atoms with Gasteiger partial charge in [-0.15, -0.1) is 0 Å². The third-order valence-corrected chi connectivity index (χ3v) is 5.68. The molecule has 0 fully saturated rings. The monoisotopic (exact) mass is 420 g/mol. The van der Waals surface area contributed by atoms with E-state index in [1.807, 2.05) is 49.5 Å². The first-order chi connectivity index (χ1) is 15.5. The van der Waals surface area contributed by atoms with Crippen LogP contribution in [0.5, 0.6) is 0 Å². The van der Waals surface area contributed by atoms with Gasteiger partial charge in [-0.3, -0.25) is 14.5 Å². The van der Waals surface area contributed by atoms with E-state index in [9.17, 15) is 4.79 Å². The summed E-state index contributed by atoms with van der Waals surface area (Å²) in [5.41, 5.74) is 7.91. The van der Waals surface area contributed by atoms with Crippen molar-refractivity contribution >= 4 is 33.4 Å². The van der Waals surface area contributed by atoms with E-state index in [1.165, 1.54) is 5.56 Å². The zero-order valence-corrected chi connectivity index (χ0v) is 18.4. The standard InChI is InChI=1S/C27H24N4O/c1-17-4-9-20(10-5-17)26-23-15-28-24-13-8-19(3)14-22(24)27(23)31(30-26)16-25(32)29-21-11-6-18(2)7-12-21/h4-15H,16H2,1-3H3,(H,29,32). The number of benzene rings is 3. The molecule has 5 rings (SSSR count). The molecule has 5 heteroatoms. The predicted molar refractivity (Wildman–Crippen MR) is 130 cm³/mol. The van der Waals surface area contributed by atoms with Crippen LogP contribution in [0.2, 0.25) is 0 Å². The topological polar surface area (TPSA) is 59.8 Å². The second kappa shape index (κ2) is 7.93. The lowest BCUT2D eigenvalue weighted by molar-refractivity contribution is -0.116. The number of anilines is 1. The maximum Gasteiger partial charge on any atom is 0.246 e. The van der Waals surface area contributed by atoms with Crippen LogP contribution in [0, 0.1) is 20.8 Å². The van der Waals surface area contributed by atoms with Gasteiger partial charge in [-0.05, 0) is 45.0 Å². The van der Waals surface area contributed by atoms with Crippen molar-refractivity contribution in [2.75, 3.05) is 5.32 Å². The van der Waals surface area contributed by atoms with Gasteiger partial charge in [0.25, 0.3) is 0 Å². The first-order valence-corrected chi connectivity index (χ1v) is 10.7. The average molecular weight is 421 g/mol. The van der Waals surface area contributed by atoms with Crippen molar-refractivity contribution in [1.29, 1.82) is 0 Å². The van der Waals surface area contributed by atoms with Crippen LogP contribution < -0.4 is 5.32 Å². The molecular weight excluding hydrogens is 396 g/mol. The zero-order chi connectivity index (χ0) is 22.2. The molecule has 3 aromatic carbocycles. The number of nitrogens with zero attached hydrogens (tertiary/aromatic N) is 3. The van der Waals surface area contributed by atoms with Gasteiger partial charge < -0.3 is 5.32 Å². The molecule has 1 amide bonds. The largest absolute Gasteiger partial charge is 0.324 e. The van der Waals surface area contributed by atoms with E-state index in [-0.39, 0.29) is 12.5 Å². The number of carbonyl (C=O) groups is 1. The molecule has 0 atom stereocenters. The highest BCUT2D eigenvalue weighted by Crippen LogP contribution is 2.32. The highest BCUT2D eigenvalue weighted by molar-refractivity contribution is 6.08. The van der Waals surface area contributed by atoms with Crippen molar-refractivity contribution in [3.8, 4) is 11.3 Å². The average Bonchev–Trinajstić information content (AvgIpc) is 3.14. The first-order valence-electron chi connectivity index (χ1n) is 10.7. The summed E-state index contributed by atoms with van der Waals surface area (Å²) in [6, 6.07) is 22.2. The van der Waals surface area contributed by atoms with Gasteiger partial charge in [0.2, 0.25) is 5.91 Å². The van der Waals surface area contributed by atoms with E-state index in [0.29, 0.717) is 0 Å². The molecule has 0 bridgehead atoms. The van der Waals surface area contributed by atoms with Gasteiger partial charge in [0.05, 0.1) is 11.0 Å². The fourth-order valence-electron chi connectivity index (χ4n) is 3.98. The lowest BCUT2D eigenvalue weighted by Gasteiger charge is -2.08. The Kier molecular flexibility index (Phi) is 4.94. The number of pyridine rings is 1. The summed E-state index contributed by atoms with van der Waals surface area (Å²) in [7, 11) is 0. The first kappa shape index (κ1) is 19.9. The molecule has 2 heterocycles. The van der Waals surface area contributed by atoms with E-state index in [0.717, 1.165) is 49.9 Å². The number of fused-ring (bicyclic) bond motifs is 3. The lowest BCUT2D eigenvalue weighted by atomic mass is 10.0. The van der Waals surface area contributed by atoms with Gasteiger partial charge in [0.1, 0.15) is 12.2 Å². The van der Waals surface area contributed by atoms with Gasteiger partial charge in [-0.25, -0.2) is 0 Å². The maximum absolute atomic E-state index is 12.9. The minimum absolute atomic E-state index is 0.114. The maximum atomic E-state index is 12.9. The molecule has 2 aromatic heterocycles. The molecule has 0 spiro atoms. The summed E-state index contributed by atoms with van der Waals surface area (Å²) in [5, 5.41) is 9.80. The number of carbonyl (C=O) groups excluding carboxylic acids is 1. The molecule has 5 nitrogen and oxygen atoms in total. The molecule has 32 heavy (non-hydrogen) atoms. The Hall–Kier alpha value is -3.99. The van der Waals surface area contributed by atoms with Crippen LogP contribution in [0.15, 0.2) is 72.9 Å². The van der Waals surface area contributed by atoms with Crippen molar-refractivity contribution < 1.29 is 4.79 Å². The highest BCUT2D eigenvalue weighted by Gasteiger charge is 2.18. The molecule has 0 aliphatic rings. The molecule has 1 N–H and O–H groups in total. The third kappa shape index (κ3) is 3.73. The van der Waals surface area contributed by atoms with Crippen molar-refractivity contribution in [3.05, 3.63) is 89.6 Å². The Balaban J connectivity index is 1.63. The summed E-state index contributed by atoms with van der Waals surface area (Å²) in [5.74, 6) is -0.119. The van der Waals surface area contributed by atoms with Crippen molar-refractivity contribution in [2.45, 2.75) is 27.3 Å². The summed E-state index contributed by atoms with van der Waals surface area (Å²) in [6.07, 6.45) is 1.86. The molecular formula is C27H24N4O.